The second-order valence-corrected chi connectivity index (χ2v) is 4.15. The Morgan fingerprint density at radius 3 is 2.67 bits per heavy atom. The molecule has 2 rings (SSSR count). The fourth-order valence-electron chi connectivity index (χ4n) is 1.76. The van der Waals surface area contributed by atoms with Gasteiger partial charge < -0.3 is 4.90 Å². The number of hydrogen-bond donors (Lipinski definition) is 0. The van der Waals surface area contributed by atoms with Gasteiger partial charge in [-0.3, -0.25) is 4.90 Å². The van der Waals surface area contributed by atoms with Gasteiger partial charge in [0.25, 0.3) is 0 Å². The molecule has 0 aromatic heterocycles. The van der Waals surface area contributed by atoms with E-state index in [1.54, 1.807) is 9.80 Å². The minimum atomic E-state index is 0.0420. The zero-order valence-electron chi connectivity index (χ0n) is 8.83. The Morgan fingerprint density at radius 2 is 2.07 bits per heavy atom. The number of benzene rings is 1. The quantitative estimate of drug-likeness (QED) is 0.719. The molecule has 0 radical (unpaired) electrons. The Morgan fingerprint density at radius 1 is 1.33 bits per heavy atom. The standard InChI is InChI=1S/C11H13ClN2O/c1-8-9(12)4-3-5-10(8)14-7-6-13(2)11(14)15/h3-5H,6-7H2,1-2H3. The number of likely N-dealkylation sites (N-methyl/N-ethyl adjacent to an activating group) is 1. The summed E-state index contributed by atoms with van der Waals surface area (Å²) in [4.78, 5) is 15.3. The second kappa shape index (κ2) is 3.74. The number of halogens is 1. The van der Waals surface area contributed by atoms with Crippen LogP contribution in [0.5, 0.6) is 0 Å². The van der Waals surface area contributed by atoms with E-state index in [4.69, 9.17) is 11.6 Å². The normalized spacial score (nSPS) is 16.3. The van der Waals surface area contributed by atoms with Gasteiger partial charge in [0.1, 0.15) is 0 Å². The summed E-state index contributed by atoms with van der Waals surface area (Å²) in [6.07, 6.45) is 0. The van der Waals surface area contributed by atoms with Crippen LogP contribution in [0.25, 0.3) is 0 Å². The molecule has 1 aromatic carbocycles. The molecule has 0 unspecified atom stereocenters. The van der Waals surface area contributed by atoms with E-state index in [9.17, 15) is 4.79 Å². The van der Waals surface area contributed by atoms with Crippen molar-refractivity contribution in [3.63, 3.8) is 0 Å². The van der Waals surface area contributed by atoms with Crippen LogP contribution in [-0.2, 0) is 0 Å². The lowest BCUT2D eigenvalue weighted by Crippen LogP contribution is -2.29. The van der Waals surface area contributed by atoms with E-state index in [2.05, 4.69) is 0 Å². The van der Waals surface area contributed by atoms with Gasteiger partial charge in [0.2, 0.25) is 0 Å². The molecule has 0 bridgehead atoms. The lowest BCUT2D eigenvalue weighted by molar-refractivity contribution is 0.229. The van der Waals surface area contributed by atoms with Crippen LogP contribution in [0.3, 0.4) is 0 Å². The Balaban J connectivity index is 2.38. The van der Waals surface area contributed by atoms with Crippen LogP contribution in [0.15, 0.2) is 18.2 Å². The molecule has 1 aliphatic rings. The van der Waals surface area contributed by atoms with E-state index < -0.39 is 0 Å². The van der Waals surface area contributed by atoms with E-state index >= 15 is 0 Å². The summed E-state index contributed by atoms with van der Waals surface area (Å²) in [7, 11) is 1.81. The van der Waals surface area contributed by atoms with Gasteiger partial charge in [-0.15, -0.1) is 0 Å². The highest BCUT2D eigenvalue weighted by Gasteiger charge is 2.27. The van der Waals surface area contributed by atoms with Gasteiger partial charge >= 0.3 is 6.03 Å². The lowest BCUT2D eigenvalue weighted by Gasteiger charge is -2.18. The average Bonchev–Trinajstić information content (AvgIpc) is 2.53. The van der Waals surface area contributed by atoms with Crippen molar-refractivity contribution >= 4 is 23.3 Å². The van der Waals surface area contributed by atoms with Crippen molar-refractivity contribution in [2.24, 2.45) is 0 Å². The first-order chi connectivity index (χ1) is 7.11. The zero-order valence-corrected chi connectivity index (χ0v) is 9.58. The SMILES string of the molecule is Cc1c(Cl)cccc1N1CCN(C)C1=O. The Bertz CT molecular complexity index is 406. The molecule has 4 heteroatoms. The molecular weight excluding hydrogens is 212 g/mol. The van der Waals surface area contributed by atoms with Crippen LogP contribution in [-0.4, -0.2) is 31.1 Å². The minimum Gasteiger partial charge on any atom is -0.326 e. The van der Waals surface area contributed by atoms with Gasteiger partial charge in [-0.25, -0.2) is 4.79 Å². The molecule has 0 atom stereocenters. The molecule has 0 spiro atoms. The summed E-state index contributed by atoms with van der Waals surface area (Å²) >= 11 is 6.02. The predicted octanol–water partition coefficient (Wildman–Crippen LogP) is 2.52. The number of carbonyl (C=O) groups is 1. The van der Waals surface area contributed by atoms with Crippen molar-refractivity contribution in [1.29, 1.82) is 0 Å². The summed E-state index contributed by atoms with van der Waals surface area (Å²) in [5, 5.41) is 0.704. The van der Waals surface area contributed by atoms with E-state index in [-0.39, 0.29) is 6.03 Å². The van der Waals surface area contributed by atoms with Gasteiger partial charge in [-0.05, 0) is 24.6 Å². The summed E-state index contributed by atoms with van der Waals surface area (Å²) in [5.41, 5.74) is 1.87. The van der Waals surface area contributed by atoms with Gasteiger partial charge in [-0.2, -0.15) is 0 Å². The zero-order chi connectivity index (χ0) is 11.0. The van der Waals surface area contributed by atoms with Crippen LogP contribution in [0.1, 0.15) is 5.56 Å². The molecule has 1 aromatic rings. The van der Waals surface area contributed by atoms with Crippen molar-refractivity contribution in [3.05, 3.63) is 28.8 Å². The van der Waals surface area contributed by atoms with Crippen LogP contribution >= 0.6 is 11.6 Å². The predicted molar refractivity (Wildman–Crippen MR) is 61.6 cm³/mol. The van der Waals surface area contributed by atoms with Crippen molar-refractivity contribution in [1.82, 2.24) is 4.90 Å². The smallest absolute Gasteiger partial charge is 0.324 e. The first-order valence-corrected chi connectivity index (χ1v) is 5.27. The van der Waals surface area contributed by atoms with Crippen molar-refractivity contribution in [3.8, 4) is 0 Å². The summed E-state index contributed by atoms with van der Waals surface area (Å²) in [6, 6.07) is 5.68. The lowest BCUT2D eigenvalue weighted by atomic mass is 10.2. The monoisotopic (exact) mass is 224 g/mol. The summed E-state index contributed by atoms with van der Waals surface area (Å²) < 4.78 is 0. The number of carbonyl (C=O) groups excluding carboxylic acids is 1. The fourth-order valence-corrected chi connectivity index (χ4v) is 1.93. The van der Waals surface area contributed by atoms with Crippen LogP contribution in [0.4, 0.5) is 10.5 Å². The second-order valence-electron chi connectivity index (χ2n) is 3.74. The number of urea groups is 1. The molecule has 0 saturated carbocycles. The van der Waals surface area contributed by atoms with Crippen molar-refractivity contribution in [2.75, 3.05) is 25.0 Å². The summed E-state index contributed by atoms with van der Waals surface area (Å²) in [5.74, 6) is 0. The Kier molecular flexibility index (Phi) is 2.57. The third kappa shape index (κ3) is 1.67. The first-order valence-electron chi connectivity index (χ1n) is 4.89. The highest BCUT2D eigenvalue weighted by molar-refractivity contribution is 6.31. The van der Waals surface area contributed by atoms with Gasteiger partial charge in [0, 0.05) is 30.8 Å². The molecule has 80 valence electrons. The molecule has 2 amide bonds. The molecule has 0 aliphatic carbocycles. The first kappa shape index (κ1) is 10.3. The van der Waals surface area contributed by atoms with Gasteiger partial charge in [-0.1, -0.05) is 17.7 Å². The molecule has 1 aliphatic heterocycles. The van der Waals surface area contributed by atoms with Crippen LogP contribution < -0.4 is 4.90 Å². The van der Waals surface area contributed by atoms with E-state index in [1.165, 1.54) is 0 Å². The largest absolute Gasteiger partial charge is 0.326 e. The van der Waals surface area contributed by atoms with Gasteiger partial charge in [0.15, 0.2) is 0 Å². The van der Waals surface area contributed by atoms with Crippen molar-refractivity contribution in [2.45, 2.75) is 6.92 Å². The maximum Gasteiger partial charge on any atom is 0.324 e. The number of amides is 2. The Hall–Kier alpha value is -1.22. The molecule has 15 heavy (non-hydrogen) atoms. The number of nitrogens with zero attached hydrogens (tertiary/aromatic N) is 2. The number of anilines is 1. The van der Waals surface area contributed by atoms with Crippen LogP contribution in [0, 0.1) is 6.92 Å². The average molecular weight is 225 g/mol. The molecule has 0 N–H and O–H groups in total. The van der Waals surface area contributed by atoms with Crippen molar-refractivity contribution < 1.29 is 4.79 Å². The van der Waals surface area contributed by atoms with Crippen LogP contribution in [0.2, 0.25) is 5.02 Å². The number of hydrogen-bond acceptors (Lipinski definition) is 1. The molecular formula is C11H13ClN2O. The highest BCUT2D eigenvalue weighted by Crippen LogP contribution is 2.28. The molecule has 1 heterocycles. The van der Waals surface area contributed by atoms with E-state index in [0.29, 0.717) is 5.02 Å². The summed E-state index contributed by atoms with van der Waals surface area (Å²) in [6.45, 7) is 3.44. The molecule has 1 fully saturated rings. The number of rotatable bonds is 1. The van der Waals surface area contributed by atoms with E-state index in [0.717, 1.165) is 24.3 Å². The third-order valence-electron chi connectivity index (χ3n) is 2.75. The third-order valence-corrected chi connectivity index (χ3v) is 3.16. The molecule has 1 saturated heterocycles. The topological polar surface area (TPSA) is 23.6 Å². The Labute approximate surface area is 94.2 Å². The maximum atomic E-state index is 11.8. The minimum absolute atomic E-state index is 0.0420. The van der Waals surface area contributed by atoms with Gasteiger partial charge in [0.05, 0.1) is 0 Å². The maximum absolute atomic E-state index is 11.8. The fraction of sp³-hybridized carbons (Fsp3) is 0.364. The van der Waals surface area contributed by atoms with E-state index in [1.807, 2.05) is 32.2 Å². The highest BCUT2D eigenvalue weighted by atomic mass is 35.5. The molecule has 3 nitrogen and oxygen atoms in total.